The van der Waals surface area contributed by atoms with Gasteiger partial charge in [0.15, 0.2) is 0 Å². The molecule has 0 heterocycles. The van der Waals surface area contributed by atoms with Crippen molar-refractivity contribution in [3.63, 3.8) is 0 Å². The third kappa shape index (κ3) is 4.34. The molecule has 0 aliphatic carbocycles. The van der Waals surface area contributed by atoms with Crippen molar-refractivity contribution in [1.82, 2.24) is 0 Å². The molecule has 21 heavy (non-hydrogen) atoms. The predicted octanol–water partition coefficient (Wildman–Crippen LogP) is 2.95. The molecule has 0 N–H and O–H groups in total. The highest BCUT2D eigenvalue weighted by Crippen LogP contribution is 2.32. The average Bonchev–Trinajstić information content (AvgIpc) is 2.42. The Kier molecular flexibility index (Phi) is 5.58. The Morgan fingerprint density at radius 2 is 1.81 bits per heavy atom. The average molecular weight is 318 g/mol. The van der Waals surface area contributed by atoms with E-state index in [0.717, 1.165) is 6.92 Å². The van der Waals surface area contributed by atoms with Gasteiger partial charge in [-0.15, -0.1) is 0 Å². The molecular formula is C14H13F3O3S. The molecular weight excluding hydrogens is 305 g/mol. The number of sulfone groups is 1. The molecule has 0 saturated heterocycles. The Labute approximate surface area is 121 Å². The van der Waals surface area contributed by atoms with Gasteiger partial charge in [-0.2, -0.15) is 13.2 Å². The zero-order valence-corrected chi connectivity index (χ0v) is 12.2. The van der Waals surface area contributed by atoms with Gasteiger partial charge < -0.3 is 4.74 Å². The summed E-state index contributed by atoms with van der Waals surface area (Å²) in [7, 11) is -2.97. The van der Waals surface area contributed by atoms with Crippen molar-refractivity contribution in [1.29, 1.82) is 0 Å². The molecule has 1 aromatic carbocycles. The molecule has 114 valence electrons. The molecule has 0 atom stereocenters. The van der Waals surface area contributed by atoms with Crippen molar-refractivity contribution < 1.29 is 26.3 Å². The highest BCUT2D eigenvalue weighted by atomic mass is 32.2. The summed E-state index contributed by atoms with van der Waals surface area (Å²) >= 11 is 0. The highest BCUT2D eigenvalue weighted by Gasteiger charge is 2.38. The van der Waals surface area contributed by atoms with Gasteiger partial charge in [0.1, 0.15) is 12.2 Å². The maximum absolute atomic E-state index is 13.0. The lowest BCUT2D eigenvalue weighted by Gasteiger charge is -2.11. The van der Waals surface area contributed by atoms with Gasteiger partial charge in [-0.1, -0.05) is 30.0 Å². The first kappa shape index (κ1) is 17.3. The van der Waals surface area contributed by atoms with Gasteiger partial charge >= 0.3 is 6.18 Å². The van der Waals surface area contributed by atoms with Gasteiger partial charge in [-0.05, 0) is 19.1 Å². The number of rotatable bonds is 3. The first-order chi connectivity index (χ1) is 9.71. The van der Waals surface area contributed by atoms with Crippen LogP contribution in [0.15, 0.2) is 45.7 Å². The second-order valence-electron chi connectivity index (χ2n) is 3.98. The van der Waals surface area contributed by atoms with Crippen LogP contribution in [0.3, 0.4) is 0 Å². The standard InChI is InChI=1S/C14H13F3O3S/c1-11(13(14(15,16)17)9-6-10-20-2)21(18,19)12-7-4-3-5-8-12/h3-5,7-8H,10H2,1-2H3/b13-11-. The van der Waals surface area contributed by atoms with Crippen LogP contribution >= 0.6 is 0 Å². The van der Waals surface area contributed by atoms with E-state index in [2.05, 4.69) is 10.7 Å². The minimum absolute atomic E-state index is 0.210. The molecule has 0 aromatic heterocycles. The largest absolute Gasteiger partial charge is 0.425 e. The fraction of sp³-hybridized carbons (Fsp3) is 0.286. The van der Waals surface area contributed by atoms with Crippen LogP contribution in [0.25, 0.3) is 0 Å². The molecule has 0 fully saturated rings. The summed E-state index contributed by atoms with van der Waals surface area (Å²) in [4.78, 5) is -1.04. The number of halogens is 3. The molecule has 0 spiro atoms. The molecule has 7 heteroatoms. The Hall–Kier alpha value is -1.78. The van der Waals surface area contributed by atoms with Crippen molar-refractivity contribution in [2.75, 3.05) is 13.7 Å². The lowest BCUT2D eigenvalue weighted by molar-refractivity contribution is -0.0875. The van der Waals surface area contributed by atoms with E-state index in [9.17, 15) is 21.6 Å². The van der Waals surface area contributed by atoms with Crippen LogP contribution in [-0.4, -0.2) is 28.3 Å². The van der Waals surface area contributed by atoms with Crippen LogP contribution in [0.1, 0.15) is 6.92 Å². The molecule has 0 amide bonds. The van der Waals surface area contributed by atoms with Gasteiger partial charge in [0.25, 0.3) is 0 Å². The van der Waals surface area contributed by atoms with Crippen LogP contribution < -0.4 is 0 Å². The van der Waals surface area contributed by atoms with Crippen LogP contribution in [0.4, 0.5) is 13.2 Å². The lowest BCUT2D eigenvalue weighted by atomic mass is 10.2. The summed E-state index contributed by atoms with van der Waals surface area (Å²) in [6.07, 6.45) is -4.85. The molecule has 0 bridgehead atoms. The molecule has 3 nitrogen and oxygen atoms in total. The summed E-state index contributed by atoms with van der Waals surface area (Å²) in [6, 6.07) is 6.90. The maximum Gasteiger partial charge on any atom is 0.425 e. The molecule has 0 aliphatic rings. The first-order valence-electron chi connectivity index (χ1n) is 5.77. The van der Waals surface area contributed by atoms with E-state index < -0.39 is 26.5 Å². The molecule has 0 unspecified atom stereocenters. The van der Waals surface area contributed by atoms with Crippen molar-refractivity contribution in [3.8, 4) is 11.8 Å². The number of methoxy groups -OCH3 is 1. The number of ether oxygens (including phenoxy) is 1. The number of allylic oxidation sites excluding steroid dienone is 2. The Morgan fingerprint density at radius 3 is 2.29 bits per heavy atom. The van der Waals surface area contributed by atoms with Crippen LogP contribution in [-0.2, 0) is 14.6 Å². The van der Waals surface area contributed by atoms with Crippen molar-refractivity contribution in [2.45, 2.75) is 18.0 Å². The quantitative estimate of drug-likeness (QED) is 0.805. The first-order valence-corrected chi connectivity index (χ1v) is 7.25. The number of hydrogen-bond donors (Lipinski definition) is 0. The van der Waals surface area contributed by atoms with E-state index in [1.54, 1.807) is 6.07 Å². The normalized spacial score (nSPS) is 13.2. The Bertz CT molecular complexity index is 678. The van der Waals surface area contributed by atoms with Gasteiger partial charge in [0, 0.05) is 7.11 Å². The third-order valence-corrected chi connectivity index (χ3v) is 4.43. The molecule has 0 radical (unpaired) electrons. The maximum atomic E-state index is 13.0. The summed E-state index contributed by atoms with van der Waals surface area (Å²) in [5.74, 6) is 3.97. The minimum Gasteiger partial charge on any atom is -0.372 e. The summed E-state index contributed by atoms with van der Waals surface area (Å²) in [5.41, 5.74) is -1.39. The second kappa shape index (κ2) is 6.78. The van der Waals surface area contributed by atoms with Crippen LogP contribution in [0, 0.1) is 11.8 Å². The van der Waals surface area contributed by atoms with Crippen LogP contribution in [0.5, 0.6) is 0 Å². The Balaban J connectivity index is 3.45. The molecule has 1 rings (SSSR count). The molecule has 0 saturated carbocycles. The molecule has 0 aliphatic heterocycles. The Morgan fingerprint density at radius 1 is 1.24 bits per heavy atom. The fourth-order valence-electron chi connectivity index (χ4n) is 1.47. The number of hydrogen-bond acceptors (Lipinski definition) is 3. The van der Waals surface area contributed by atoms with Gasteiger partial charge in [-0.3, -0.25) is 0 Å². The summed E-state index contributed by atoms with van der Waals surface area (Å²) in [5, 5.41) is 0. The van der Waals surface area contributed by atoms with Crippen molar-refractivity contribution in [3.05, 3.63) is 40.8 Å². The minimum atomic E-state index is -4.85. The SMILES string of the molecule is COCC#C/C(=C(\C)S(=O)(=O)c1ccccc1)C(F)(F)F. The van der Waals surface area contributed by atoms with Crippen molar-refractivity contribution in [2.24, 2.45) is 0 Å². The van der Waals surface area contributed by atoms with E-state index in [1.165, 1.54) is 31.4 Å². The van der Waals surface area contributed by atoms with E-state index in [4.69, 9.17) is 0 Å². The van der Waals surface area contributed by atoms with E-state index in [-0.39, 0.29) is 11.5 Å². The second-order valence-corrected chi connectivity index (χ2v) is 6.07. The van der Waals surface area contributed by atoms with Gasteiger partial charge in [0.2, 0.25) is 9.84 Å². The summed E-state index contributed by atoms with van der Waals surface area (Å²) < 4.78 is 67.9. The predicted molar refractivity (Wildman–Crippen MR) is 72.0 cm³/mol. The van der Waals surface area contributed by atoms with Gasteiger partial charge in [0.05, 0.1) is 9.80 Å². The highest BCUT2D eigenvalue weighted by molar-refractivity contribution is 7.95. The zero-order chi connectivity index (χ0) is 16.1. The number of benzene rings is 1. The lowest BCUT2D eigenvalue weighted by Crippen LogP contribution is -2.16. The smallest absolute Gasteiger partial charge is 0.372 e. The monoisotopic (exact) mass is 318 g/mol. The number of alkyl halides is 3. The van der Waals surface area contributed by atoms with E-state index >= 15 is 0 Å². The van der Waals surface area contributed by atoms with Crippen LogP contribution in [0.2, 0.25) is 0 Å². The fourth-order valence-corrected chi connectivity index (χ4v) is 2.77. The van der Waals surface area contributed by atoms with Crippen molar-refractivity contribution >= 4 is 9.84 Å². The van der Waals surface area contributed by atoms with Gasteiger partial charge in [-0.25, -0.2) is 8.42 Å². The van der Waals surface area contributed by atoms with E-state index in [0.29, 0.717) is 0 Å². The topological polar surface area (TPSA) is 43.4 Å². The third-order valence-electron chi connectivity index (χ3n) is 2.52. The zero-order valence-electron chi connectivity index (χ0n) is 11.4. The van der Waals surface area contributed by atoms with E-state index in [1.807, 2.05) is 5.92 Å². The molecule has 1 aromatic rings. The summed E-state index contributed by atoms with van der Waals surface area (Å²) in [6.45, 7) is 0.672.